The Morgan fingerprint density at radius 1 is 1.26 bits per heavy atom. The van der Waals surface area contributed by atoms with E-state index in [9.17, 15) is 0 Å². The first-order valence-corrected chi connectivity index (χ1v) is 6.35. The van der Waals surface area contributed by atoms with Gasteiger partial charge in [-0.15, -0.1) is 12.6 Å². The molecule has 0 aliphatic rings. The highest BCUT2D eigenvalue weighted by Gasteiger charge is 2.06. The first-order valence-electron chi connectivity index (χ1n) is 5.90. The Labute approximate surface area is 115 Å². The molecule has 0 unspecified atom stereocenters. The summed E-state index contributed by atoms with van der Waals surface area (Å²) in [5.74, 6) is 0.747. The van der Waals surface area contributed by atoms with Crippen molar-refractivity contribution >= 4 is 29.6 Å². The van der Waals surface area contributed by atoms with Crippen molar-refractivity contribution < 1.29 is 0 Å². The molecule has 3 rings (SSSR count). The number of benzene rings is 1. The average molecular weight is 271 g/mol. The number of hydrogen-bond donors (Lipinski definition) is 3. The van der Waals surface area contributed by atoms with Crippen LogP contribution in [-0.2, 0) is 6.54 Å². The Morgan fingerprint density at radius 2 is 2.16 bits per heavy atom. The molecule has 2 aromatic heterocycles. The summed E-state index contributed by atoms with van der Waals surface area (Å²) in [5.41, 5.74) is 3.82. The second-order valence-corrected chi connectivity index (χ2v) is 4.79. The minimum absolute atomic E-state index is 0.658. The fraction of sp³-hybridized carbons (Fsp3) is 0.154. The van der Waals surface area contributed by atoms with Gasteiger partial charge in [0, 0.05) is 11.4 Å². The zero-order valence-corrected chi connectivity index (χ0v) is 11.3. The Bertz CT molecular complexity index is 722. The van der Waals surface area contributed by atoms with Gasteiger partial charge < -0.3 is 10.3 Å². The molecule has 6 heteroatoms. The smallest absolute Gasteiger partial charge is 0.182 e. The number of aryl methyl sites for hydroxylation is 1. The van der Waals surface area contributed by atoms with E-state index in [1.54, 1.807) is 6.33 Å². The first-order chi connectivity index (χ1) is 9.24. The number of aromatic nitrogens is 4. The number of rotatable bonds is 3. The van der Waals surface area contributed by atoms with Crippen molar-refractivity contribution in [1.82, 2.24) is 19.9 Å². The van der Waals surface area contributed by atoms with Gasteiger partial charge in [-0.3, -0.25) is 0 Å². The molecule has 2 N–H and O–H groups in total. The molecule has 0 aliphatic heterocycles. The standard InChI is InChI=1S/C13H13N5S/c1-8-2-3-10(19)9(4-8)5-14-12-11-13(16-6-15-11)18-7-17-12/h2-4,6-7,19H,5H2,1H3,(H2,14,15,16,17,18). The maximum Gasteiger partial charge on any atom is 0.182 e. The topological polar surface area (TPSA) is 66.5 Å². The second kappa shape index (κ2) is 4.89. The van der Waals surface area contributed by atoms with Crippen LogP contribution >= 0.6 is 12.6 Å². The van der Waals surface area contributed by atoms with Crippen LogP contribution in [-0.4, -0.2) is 19.9 Å². The molecule has 5 nitrogen and oxygen atoms in total. The molecule has 1 aromatic carbocycles. The molecule has 3 aromatic rings. The number of anilines is 1. The van der Waals surface area contributed by atoms with E-state index < -0.39 is 0 Å². The third-order valence-electron chi connectivity index (χ3n) is 2.90. The van der Waals surface area contributed by atoms with Gasteiger partial charge in [-0.1, -0.05) is 17.7 Å². The predicted molar refractivity (Wildman–Crippen MR) is 77.4 cm³/mol. The van der Waals surface area contributed by atoms with Crippen LogP contribution in [0.3, 0.4) is 0 Å². The molecule has 0 fully saturated rings. The minimum Gasteiger partial charge on any atom is -0.364 e. The van der Waals surface area contributed by atoms with Crippen LogP contribution in [0.15, 0.2) is 35.7 Å². The lowest BCUT2D eigenvalue weighted by molar-refractivity contribution is 1.06. The molecule has 96 valence electrons. The predicted octanol–water partition coefficient (Wildman–Crippen LogP) is 2.56. The summed E-state index contributed by atoms with van der Waals surface area (Å²) in [6.07, 6.45) is 3.12. The maximum atomic E-state index is 4.46. The van der Waals surface area contributed by atoms with Gasteiger partial charge in [-0.05, 0) is 18.6 Å². The monoisotopic (exact) mass is 271 g/mol. The van der Waals surface area contributed by atoms with Crippen molar-refractivity contribution in [2.75, 3.05) is 5.32 Å². The maximum absolute atomic E-state index is 4.46. The highest BCUT2D eigenvalue weighted by molar-refractivity contribution is 7.80. The Hall–Kier alpha value is -2.08. The fourth-order valence-corrected chi connectivity index (χ4v) is 2.15. The van der Waals surface area contributed by atoms with Gasteiger partial charge in [0.2, 0.25) is 0 Å². The number of thiol groups is 1. The Kier molecular flexibility index (Phi) is 3.08. The summed E-state index contributed by atoms with van der Waals surface area (Å²) < 4.78 is 0. The number of fused-ring (bicyclic) bond motifs is 1. The van der Waals surface area contributed by atoms with Gasteiger partial charge >= 0.3 is 0 Å². The van der Waals surface area contributed by atoms with Crippen LogP contribution in [0.2, 0.25) is 0 Å². The molecule has 0 saturated heterocycles. The molecule has 0 atom stereocenters. The average Bonchev–Trinajstić information content (AvgIpc) is 2.88. The molecule has 0 spiro atoms. The molecule has 0 radical (unpaired) electrons. The molecule has 0 aliphatic carbocycles. The van der Waals surface area contributed by atoms with E-state index in [0.717, 1.165) is 21.8 Å². The molecule has 19 heavy (non-hydrogen) atoms. The number of hydrogen-bond acceptors (Lipinski definition) is 5. The molecular weight excluding hydrogens is 258 g/mol. The summed E-state index contributed by atoms with van der Waals surface area (Å²) in [5, 5.41) is 3.29. The lowest BCUT2D eigenvalue weighted by Gasteiger charge is -2.09. The largest absolute Gasteiger partial charge is 0.364 e. The molecule has 0 bridgehead atoms. The van der Waals surface area contributed by atoms with Gasteiger partial charge in [0.15, 0.2) is 11.5 Å². The van der Waals surface area contributed by atoms with Crippen LogP contribution in [0, 0.1) is 6.92 Å². The van der Waals surface area contributed by atoms with Crippen molar-refractivity contribution in [2.24, 2.45) is 0 Å². The van der Waals surface area contributed by atoms with Gasteiger partial charge in [0.1, 0.15) is 11.8 Å². The lowest BCUT2D eigenvalue weighted by atomic mass is 10.1. The third-order valence-corrected chi connectivity index (χ3v) is 3.34. The summed E-state index contributed by atoms with van der Waals surface area (Å²) in [6, 6.07) is 6.16. The lowest BCUT2D eigenvalue weighted by Crippen LogP contribution is -2.03. The quantitative estimate of drug-likeness (QED) is 0.640. The SMILES string of the molecule is Cc1ccc(S)c(CNc2ncnc3nc[nH]c23)c1. The number of H-pyrrole nitrogens is 1. The van der Waals surface area contributed by atoms with Gasteiger partial charge in [0.25, 0.3) is 0 Å². The van der Waals surface area contributed by atoms with Crippen molar-refractivity contribution in [3.63, 3.8) is 0 Å². The van der Waals surface area contributed by atoms with Crippen molar-refractivity contribution in [3.8, 4) is 0 Å². The van der Waals surface area contributed by atoms with Crippen LogP contribution < -0.4 is 5.32 Å². The summed E-state index contributed by atoms with van der Waals surface area (Å²) in [6.45, 7) is 2.72. The zero-order chi connectivity index (χ0) is 13.2. The summed E-state index contributed by atoms with van der Waals surface area (Å²) in [7, 11) is 0. The number of aromatic amines is 1. The van der Waals surface area contributed by atoms with Crippen molar-refractivity contribution in [2.45, 2.75) is 18.4 Å². The summed E-state index contributed by atoms with van der Waals surface area (Å²) >= 11 is 4.46. The normalized spacial score (nSPS) is 10.8. The first kappa shape index (κ1) is 12.0. The number of nitrogens with zero attached hydrogens (tertiary/aromatic N) is 3. The third kappa shape index (κ3) is 2.39. The van der Waals surface area contributed by atoms with E-state index in [1.165, 1.54) is 11.9 Å². The highest BCUT2D eigenvalue weighted by atomic mass is 32.1. The van der Waals surface area contributed by atoms with Gasteiger partial charge in [0.05, 0.1) is 6.33 Å². The zero-order valence-electron chi connectivity index (χ0n) is 10.4. The van der Waals surface area contributed by atoms with E-state index in [0.29, 0.717) is 12.2 Å². The fourth-order valence-electron chi connectivity index (χ4n) is 1.93. The minimum atomic E-state index is 0.658. The Balaban J connectivity index is 1.86. The molecule has 2 heterocycles. The molecular formula is C13H13N5S. The van der Waals surface area contributed by atoms with Crippen LogP contribution in [0.1, 0.15) is 11.1 Å². The van der Waals surface area contributed by atoms with Crippen LogP contribution in [0.4, 0.5) is 5.82 Å². The van der Waals surface area contributed by atoms with E-state index in [4.69, 9.17) is 0 Å². The van der Waals surface area contributed by atoms with E-state index in [1.807, 2.05) is 12.1 Å². The van der Waals surface area contributed by atoms with E-state index in [-0.39, 0.29) is 0 Å². The van der Waals surface area contributed by atoms with Gasteiger partial charge in [-0.2, -0.15) is 0 Å². The number of nitrogens with one attached hydrogen (secondary N) is 2. The van der Waals surface area contributed by atoms with E-state index in [2.05, 4.69) is 50.9 Å². The van der Waals surface area contributed by atoms with E-state index >= 15 is 0 Å². The van der Waals surface area contributed by atoms with Crippen molar-refractivity contribution in [3.05, 3.63) is 42.0 Å². The molecule has 0 amide bonds. The molecule has 0 saturated carbocycles. The van der Waals surface area contributed by atoms with Crippen molar-refractivity contribution in [1.29, 1.82) is 0 Å². The summed E-state index contributed by atoms with van der Waals surface area (Å²) in [4.78, 5) is 16.4. The number of imidazole rings is 1. The highest BCUT2D eigenvalue weighted by Crippen LogP contribution is 2.19. The van der Waals surface area contributed by atoms with Gasteiger partial charge in [-0.25, -0.2) is 15.0 Å². The van der Waals surface area contributed by atoms with Crippen LogP contribution in [0.5, 0.6) is 0 Å². The Morgan fingerprint density at radius 3 is 3.05 bits per heavy atom. The second-order valence-electron chi connectivity index (χ2n) is 4.31. The van der Waals surface area contributed by atoms with Crippen LogP contribution in [0.25, 0.3) is 11.2 Å².